The highest BCUT2D eigenvalue weighted by molar-refractivity contribution is 5.85. The summed E-state index contributed by atoms with van der Waals surface area (Å²) in [5.74, 6) is -0.118. The van der Waals surface area contributed by atoms with Crippen LogP contribution in [0.1, 0.15) is 30.4 Å². The van der Waals surface area contributed by atoms with Gasteiger partial charge in [0.1, 0.15) is 41.6 Å². The molecule has 2 aliphatic rings. The molecule has 3 aromatic rings. The third-order valence-electron chi connectivity index (χ3n) is 5.38. The van der Waals surface area contributed by atoms with Crippen molar-refractivity contribution in [2.45, 2.75) is 37.1 Å². The third-order valence-corrected chi connectivity index (χ3v) is 5.38. The number of rotatable bonds is 3. The van der Waals surface area contributed by atoms with Crippen molar-refractivity contribution in [3.05, 3.63) is 53.8 Å². The third kappa shape index (κ3) is 2.44. The van der Waals surface area contributed by atoms with Gasteiger partial charge in [-0.1, -0.05) is 12.1 Å². The topological polar surface area (TPSA) is 113 Å². The van der Waals surface area contributed by atoms with Gasteiger partial charge in [-0.15, -0.1) is 0 Å². The van der Waals surface area contributed by atoms with Gasteiger partial charge in [-0.25, -0.2) is 14.4 Å². The van der Waals surface area contributed by atoms with Crippen LogP contribution in [0.15, 0.2) is 41.3 Å². The number of nitrogens with zero attached hydrogens (tertiary/aromatic N) is 2. The number of anilines is 1. The van der Waals surface area contributed by atoms with Crippen molar-refractivity contribution in [1.29, 1.82) is 0 Å². The normalized spacial score (nSPS) is 32.1. The number of benzene rings is 1. The molecule has 0 amide bonds. The molecule has 2 aliphatic heterocycles. The number of aromatic nitrogens is 2. The molecule has 0 spiro atoms. The van der Waals surface area contributed by atoms with E-state index in [0.29, 0.717) is 22.2 Å². The zero-order chi connectivity index (χ0) is 19.5. The Labute approximate surface area is 159 Å². The maximum atomic E-state index is 13.3. The van der Waals surface area contributed by atoms with Crippen LogP contribution in [0.2, 0.25) is 0 Å². The Morgan fingerprint density at radius 3 is 2.75 bits per heavy atom. The van der Waals surface area contributed by atoms with Gasteiger partial charge in [-0.3, -0.25) is 0 Å². The van der Waals surface area contributed by atoms with E-state index in [1.165, 1.54) is 24.7 Å². The quantitative estimate of drug-likeness (QED) is 0.704. The fourth-order valence-electron chi connectivity index (χ4n) is 4.00. The number of hydrogen-bond acceptors (Lipinski definition) is 8. The molecule has 8 nitrogen and oxygen atoms in total. The molecule has 1 unspecified atom stereocenters. The number of nitrogen functional groups attached to an aromatic ring is 1. The smallest absolute Gasteiger partial charge is 0.194 e. The molecule has 0 radical (unpaired) electrons. The van der Waals surface area contributed by atoms with Crippen molar-refractivity contribution in [2.75, 3.05) is 12.3 Å². The average molecular weight is 387 g/mol. The van der Waals surface area contributed by atoms with E-state index in [1.54, 1.807) is 12.1 Å². The molecule has 146 valence electrons. The lowest BCUT2D eigenvalue weighted by Crippen LogP contribution is -2.40. The Bertz CT molecular complexity index is 1030. The van der Waals surface area contributed by atoms with E-state index in [9.17, 15) is 9.50 Å². The van der Waals surface area contributed by atoms with Crippen molar-refractivity contribution in [3.63, 3.8) is 0 Å². The summed E-state index contributed by atoms with van der Waals surface area (Å²) < 4.78 is 37.2. The number of furan rings is 1. The number of aliphatic hydroxyl groups is 1. The van der Waals surface area contributed by atoms with Gasteiger partial charge in [0.25, 0.3) is 0 Å². The first-order chi connectivity index (χ1) is 13.5. The summed E-state index contributed by atoms with van der Waals surface area (Å²) in [6, 6.07) is 5.91. The standard InChI is InChI=1S/C19H18FN3O5/c1-19-15(11-7-25-14-13(11)22-8-23-17(14)21)26-12(6-24)16(19)27-18(28-19)9-2-4-10(20)5-3-9/h2-5,7-8,12,15-16,18,24H,6H2,1H3,(H2,21,22,23)/t12-,15+,16-,18?,19+/m1/s1. The minimum Gasteiger partial charge on any atom is -0.458 e. The van der Waals surface area contributed by atoms with Gasteiger partial charge in [0.15, 0.2) is 17.7 Å². The maximum Gasteiger partial charge on any atom is 0.194 e. The predicted octanol–water partition coefficient (Wildman–Crippen LogP) is 2.25. The van der Waals surface area contributed by atoms with Crippen LogP contribution in [0.4, 0.5) is 10.2 Å². The van der Waals surface area contributed by atoms with Crippen molar-refractivity contribution in [3.8, 4) is 0 Å². The molecule has 2 aromatic heterocycles. The lowest BCUT2D eigenvalue weighted by atomic mass is 9.89. The molecule has 5 rings (SSSR count). The monoisotopic (exact) mass is 387 g/mol. The Balaban J connectivity index is 1.54. The molecule has 2 fully saturated rings. The first-order valence-electron chi connectivity index (χ1n) is 8.84. The number of fused-ring (bicyclic) bond motifs is 2. The number of hydrogen-bond donors (Lipinski definition) is 2. The first-order valence-corrected chi connectivity index (χ1v) is 8.84. The molecule has 2 saturated heterocycles. The summed E-state index contributed by atoms with van der Waals surface area (Å²) in [6.07, 6.45) is 0.384. The van der Waals surface area contributed by atoms with Gasteiger partial charge in [0.2, 0.25) is 0 Å². The van der Waals surface area contributed by atoms with E-state index in [-0.39, 0.29) is 18.2 Å². The second kappa shape index (κ2) is 6.21. The minimum atomic E-state index is -0.928. The van der Waals surface area contributed by atoms with Crippen molar-refractivity contribution >= 4 is 16.9 Å². The number of halogens is 1. The molecule has 9 heteroatoms. The van der Waals surface area contributed by atoms with Crippen LogP contribution in [0.25, 0.3) is 11.1 Å². The van der Waals surface area contributed by atoms with Gasteiger partial charge in [0, 0.05) is 11.1 Å². The molecular formula is C19H18FN3O5. The molecule has 1 aromatic carbocycles. The Kier molecular flexibility index (Phi) is 3.88. The van der Waals surface area contributed by atoms with Crippen molar-refractivity contribution in [1.82, 2.24) is 9.97 Å². The highest BCUT2D eigenvalue weighted by atomic mass is 19.1. The lowest BCUT2D eigenvalue weighted by Gasteiger charge is -2.27. The summed E-state index contributed by atoms with van der Waals surface area (Å²) in [4.78, 5) is 8.19. The minimum absolute atomic E-state index is 0.224. The fraction of sp³-hybridized carbons (Fsp3) is 0.368. The van der Waals surface area contributed by atoms with Crippen molar-refractivity contribution in [2.24, 2.45) is 0 Å². The summed E-state index contributed by atoms with van der Waals surface area (Å²) in [7, 11) is 0. The first kappa shape index (κ1) is 17.5. The summed E-state index contributed by atoms with van der Waals surface area (Å²) >= 11 is 0. The van der Waals surface area contributed by atoms with Gasteiger partial charge in [0.05, 0.1) is 12.9 Å². The molecule has 5 atom stereocenters. The van der Waals surface area contributed by atoms with E-state index < -0.39 is 30.2 Å². The van der Waals surface area contributed by atoms with Crippen molar-refractivity contribution < 1.29 is 28.1 Å². The maximum absolute atomic E-state index is 13.3. The molecular weight excluding hydrogens is 369 g/mol. The predicted molar refractivity (Wildman–Crippen MR) is 94.4 cm³/mol. The van der Waals surface area contributed by atoms with Crippen LogP contribution < -0.4 is 5.73 Å². The fourth-order valence-corrected chi connectivity index (χ4v) is 4.00. The van der Waals surface area contributed by atoms with Crippen LogP contribution >= 0.6 is 0 Å². The number of ether oxygens (including phenoxy) is 3. The zero-order valence-electron chi connectivity index (χ0n) is 14.9. The second-order valence-corrected chi connectivity index (χ2v) is 7.11. The molecule has 4 heterocycles. The largest absolute Gasteiger partial charge is 0.458 e. The van der Waals surface area contributed by atoms with Crippen LogP contribution in [-0.4, -0.2) is 39.5 Å². The summed E-state index contributed by atoms with van der Waals surface area (Å²) in [5, 5.41) is 9.81. The van der Waals surface area contributed by atoms with Crippen LogP contribution in [0.5, 0.6) is 0 Å². The molecule has 0 bridgehead atoms. The van der Waals surface area contributed by atoms with Gasteiger partial charge < -0.3 is 29.5 Å². The molecule has 28 heavy (non-hydrogen) atoms. The number of aliphatic hydroxyl groups excluding tert-OH is 1. The lowest BCUT2D eigenvalue weighted by molar-refractivity contribution is -0.157. The van der Waals surface area contributed by atoms with E-state index >= 15 is 0 Å². The highest BCUT2D eigenvalue weighted by Crippen LogP contribution is 2.54. The highest BCUT2D eigenvalue weighted by Gasteiger charge is 2.62. The number of nitrogens with two attached hydrogens (primary N) is 1. The van der Waals surface area contributed by atoms with E-state index in [4.69, 9.17) is 24.4 Å². The summed E-state index contributed by atoms with van der Waals surface area (Å²) in [5.41, 5.74) is 7.13. The Morgan fingerprint density at radius 1 is 1.21 bits per heavy atom. The molecule has 0 saturated carbocycles. The van der Waals surface area contributed by atoms with E-state index in [2.05, 4.69) is 9.97 Å². The second-order valence-electron chi connectivity index (χ2n) is 7.11. The average Bonchev–Trinajstić information content (AvgIpc) is 3.33. The molecule has 3 N–H and O–H groups in total. The van der Waals surface area contributed by atoms with Gasteiger partial charge in [-0.05, 0) is 19.1 Å². The van der Waals surface area contributed by atoms with Crippen LogP contribution in [0.3, 0.4) is 0 Å². The van der Waals surface area contributed by atoms with Gasteiger partial charge >= 0.3 is 0 Å². The Morgan fingerprint density at radius 2 is 2.00 bits per heavy atom. The van der Waals surface area contributed by atoms with Crippen LogP contribution in [-0.2, 0) is 14.2 Å². The molecule has 0 aliphatic carbocycles. The van der Waals surface area contributed by atoms with Crippen LogP contribution in [0, 0.1) is 5.82 Å². The SMILES string of the molecule is C[C@@]12OC(c3ccc(F)cc3)O[C@@H]1[C@@H](CO)O[C@H]2c1coc2c(N)ncnc12. The van der Waals surface area contributed by atoms with E-state index in [1.807, 2.05) is 6.92 Å². The van der Waals surface area contributed by atoms with Gasteiger partial charge in [-0.2, -0.15) is 0 Å². The Hall–Kier alpha value is -2.59. The van der Waals surface area contributed by atoms with E-state index in [0.717, 1.165) is 0 Å². The zero-order valence-corrected chi connectivity index (χ0v) is 14.9. The summed E-state index contributed by atoms with van der Waals surface area (Å²) in [6.45, 7) is 1.61.